The molecule has 15 heavy (non-hydrogen) atoms. The van der Waals surface area contributed by atoms with E-state index in [1.54, 1.807) is 0 Å². The summed E-state index contributed by atoms with van der Waals surface area (Å²) in [5, 5.41) is 6.98. The van der Waals surface area contributed by atoms with Crippen LogP contribution in [0.25, 0.3) is 0 Å². The number of anilines is 1. The van der Waals surface area contributed by atoms with Gasteiger partial charge in [-0.2, -0.15) is 0 Å². The van der Waals surface area contributed by atoms with E-state index in [1.165, 1.54) is 6.20 Å². The third-order valence-corrected chi connectivity index (χ3v) is 2.72. The molecule has 0 spiro atoms. The molecule has 0 aliphatic rings. The van der Waals surface area contributed by atoms with Gasteiger partial charge in [-0.15, -0.1) is 5.10 Å². The number of carbonyl (C=O) groups is 1. The number of amides is 1. The molecule has 6 heteroatoms. The van der Waals surface area contributed by atoms with Crippen LogP contribution in [-0.2, 0) is 4.79 Å². The van der Waals surface area contributed by atoms with Crippen LogP contribution in [0.4, 0.5) is 5.00 Å². The molecule has 1 aromatic heterocycles. The molecule has 1 rings (SSSR count). The van der Waals surface area contributed by atoms with E-state index in [2.05, 4.69) is 14.9 Å². The highest BCUT2D eigenvalue weighted by molar-refractivity contribution is 7.10. The number of hydrogen-bond donors (Lipinski definition) is 2. The third kappa shape index (κ3) is 3.93. The highest BCUT2D eigenvalue weighted by Crippen LogP contribution is 2.20. The van der Waals surface area contributed by atoms with Crippen molar-refractivity contribution in [3.05, 3.63) is 6.20 Å². The van der Waals surface area contributed by atoms with E-state index in [4.69, 9.17) is 5.73 Å². The van der Waals surface area contributed by atoms with Crippen LogP contribution in [-0.4, -0.2) is 21.5 Å². The summed E-state index contributed by atoms with van der Waals surface area (Å²) in [4.78, 5) is 11.5. The fourth-order valence-electron chi connectivity index (χ4n) is 0.917. The van der Waals surface area contributed by atoms with E-state index in [1.807, 2.05) is 20.8 Å². The second-order valence-corrected chi connectivity index (χ2v) is 5.29. The lowest BCUT2D eigenvalue weighted by Crippen LogP contribution is -2.38. The Bertz CT molecular complexity index is 317. The first-order valence-corrected chi connectivity index (χ1v) is 5.49. The Morgan fingerprint density at radius 1 is 1.67 bits per heavy atom. The molecule has 0 aliphatic carbocycles. The van der Waals surface area contributed by atoms with Gasteiger partial charge in [0.1, 0.15) is 5.00 Å². The van der Waals surface area contributed by atoms with Gasteiger partial charge in [0.15, 0.2) is 0 Å². The first-order chi connectivity index (χ1) is 6.89. The summed E-state index contributed by atoms with van der Waals surface area (Å²) >= 11 is 1.15. The first kappa shape index (κ1) is 12.1. The molecular weight excluding hydrogens is 212 g/mol. The molecule has 5 nitrogen and oxygen atoms in total. The summed E-state index contributed by atoms with van der Waals surface area (Å²) < 4.78 is 3.65. The van der Waals surface area contributed by atoms with Crippen LogP contribution in [0.5, 0.6) is 0 Å². The largest absolute Gasteiger partial charge is 0.327 e. The lowest BCUT2D eigenvalue weighted by atomic mass is 9.85. The zero-order chi connectivity index (χ0) is 11.5. The molecular formula is C9H16N4OS. The highest BCUT2D eigenvalue weighted by Gasteiger charge is 2.23. The van der Waals surface area contributed by atoms with E-state index < -0.39 is 0 Å². The Balaban J connectivity index is 2.43. The first-order valence-electron chi connectivity index (χ1n) is 4.72. The maximum atomic E-state index is 11.5. The summed E-state index contributed by atoms with van der Waals surface area (Å²) in [6.07, 6.45) is 1.83. The maximum absolute atomic E-state index is 11.5. The van der Waals surface area contributed by atoms with Crippen molar-refractivity contribution in [3.8, 4) is 0 Å². The lowest BCUT2D eigenvalue weighted by molar-refractivity contribution is -0.117. The van der Waals surface area contributed by atoms with Crippen LogP contribution in [0.1, 0.15) is 27.2 Å². The van der Waals surface area contributed by atoms with Crippen LogP contribution in [0, 0.1) is 5.41 Å². The molecule has 0 radical (unpaired) electrons. The van der Waals surface area contributed by atoms with E-state index in [0.717, 1.165) is 11.5 Å². The van der Waals surface area contributed by atoms with Gasteiger partial charge in [0.25, 0.3) is 0 Å². The maximum Gasteiger partial charge on any atom is 0.226 e. The minimum atomic E-state index is -0.154. The predicted molar refractivity (Wildman–Crippen MR) is 60.6 cm³/mol. The van der Waals surface area contributed by atoms with Crippen molar-refractivity contribution >= 4 is 22.4 Å². The molecule has 1 heterocycles. The summed E-state index contributed by atoms with van der Waals surface area (Å²) in [5.41, 5.74) is 5.83. The van der Waals surface area contributed by atoms with Gasteiger partial charge in [0.2, 0.25) is 5.91 Å². The molecule has 3 N–H and O–H groups in total. The van der Waals surface area contributed by atoms with E-state index in [-0.39, 0.29) is 17.4 Å². The molecule has 1 atom stereocenters. The molecule has 0 bridgehead atoms. The van der Waals surface area contributed by atoms with Crippen LogP contribution >= 0.6 is 11.5 Å². The lowest BCUT2D eigenvalue weighted by Gasteiger charge is -2.26. The average molecular weight is 228 g/mol. The normalized spacial score (nSPS) is 13.6. The third-order valence-electron chi connectivity index (χ3n) is 2.14. The van der Waals surface area contributed by atoms with Gasteiger partial charge >= 0.3 is 0 Å². The number of nitrogens with two attached hydrogens (primary N) is 1. The quantitative estimate of drug-likeness (QED) is 0.815. The van der Waals surface area contributed by atoms with Crippen LogP contribution in [0.2, 0.25) is 0 Å². The Labute approximate surface area is 93.2 Å². The molecule has 0 aromatic carbocycles. The van der Waals surface area contributed by atoms with E-state index in [0.29, 0.717) is 11.4 Å². The molecule has 0 saturated carbocycles. The standard InChI is InChI=1S/C9H16N4OS/c1-9(2,3)6(10)4-7(14)12-8-5-11-13-15-8/h5-6H,4,10H2,1-3H3,(H,12,14). The van der Waals surface area contributed by atoms with Gasteiger partial charge in [-0.3, -0.25) is 4.79 Å². The second-order valence-electron chi connectivity index (χ2n) is 4.51. The predicted octanol–water partition coefficient (Wildman–Crippen LogP) is 1.24. The van der Waals surface area contributed by atoms with Gasteiger partial charge in [0, 0.05) is 24.0 Å². The number of hydrogen-bond acceptors (Lipinski definition) is 5. The zero-order valence-electron chi connectivity index (χ0n) is 9.15. The Hall–Kier alpha value is -1.01. The fourth-order valence-corrected chi connectivity index (χ4v) is 1.35. The Morgan fingerprint density at radius 2 is 2.33 bits per heavy atom. The van der Waals surface area contributed by atoms with Crippen molar-refractivity contribution < 1.29 is 4.79 Å². The van der Waals surface area contributed by atoms with Crippen LogP contribution in [0.3, 0.4) is 0 Å². The van der Waals surface area contributed by atoms with Crippen molar-refractivity contribution in [3.63, 3.8) is 0 Å². The number of rotatable bonds is 3. The van der Waals surface area contributed by atoms with Crippen LogP contribution in [0.15, 0.2) is 6.20 Å². The van der Waals surface area contributed by atoms with Gasteiger partial charge in [0.05, 0.1) is 6.20 Å². The van der Waals surface area contributed by atoms with Crippen molar-refractivity contribution in [1.29, 1.82) is 0 Å². The monoisotopic (exact) mass is 228 g/mol. The van der Waals surface area contributed by atoms with E-state index >= 15 is 0 Å². The molecule has 84 valence electrons. The number of carbonyl (C=O) groups excluding carboxylic acids is 1. The van der Waals surface area contributed by atoms with Gasteiger partial charge in [-0.05, 0) is 5.41 Å². The van der Waals surface area contributed by atoms with Crippen molar-refractivity contribution in [2.24, 2.45) is 11.1 Å². The van der Waals surface area contributed by atoms with Crippen molar-refractivity contribution in [2.75, 3.05) is 5.32 Å². The fraction of sp³-hybridized carbons (Fsp3) is 0.667. The van der Waals surface area contributed by atoms with Crippen LogP contribution < -0.4 is 11.1 Å². The number of nitrogens with zero attached hydrogens (tertiary/aromatic N) is 2. The Kier molecular flexibility index (Phi) is 3.76. The molecule has 1 amide bonds. The van der Waals surface area contributed by atoms with Crippen molar-refractivity contribution in [1.82, 2.24) is 9.59 Å². The van der Waals surface area contributed by atoms with Gasteiger partial charge in [-0.1, -0.05) is 25.3 Å². The summed E-state index contributed by atoms with van der Waals surface area (Å²) in [6.45, 7) is 6.04. The Morgan fingerprint density at radius 3 is 2.80 bits per heavy atom. The highest BCUT2D eigenvalue weighted by atomic mass is 32.1. The summed E-state index contributed by atoms with van der Waals surface area (Å²) in [7, 11) is 0. The minimum Gasteiger partial charge on any atom is -0.327 e. The summed E-state index contributed by atoms with van der Waals surface area (Å²) in [5.74, 6) is -0.0940. The average Bonchev–Trinajstić information content (AvgIpc) is 2.54. The zero-order valence-corrected chi connectivity index (χ0v) is 9.97. The number of nitrogens with one attached hydrogen (secondary N) is 1. The minimum absolute atomic E-state index is 0.0662. The van der Waals surface area contributed by atoms with Gasteiger partial charge < -0.3 is 11.1 Å². The molecule has 0 saturated heterocycles. The SMILES string of the molecule is CC(C)(C)C(N)CC(=O)Nc1cnns1. The second kappa shape index (κ2) is 4.67. The molecule has 1 unspecified atom stereocenters. The topological polar surface area (TPSA) is 80.9 Å². The van der Waals surface area contributed by atoms with Gasteiger partial charge in [-0.25, -0.2) is 0 Å². The molecule has 0 aliphatic heterocycles. The van der Waals surface area contributed by atoms with E-state index in [9.17, 15) is 4.79 Å². The molecule has 0 fully saturated rings. The summed E-state index contributed by atoms with van der Waals surface area (Å²) in [6, 6.07) is -0.154. The molecule has 1 aromatic rings. The smallest absolute Gasteiger partial charge is 0.226 e. The van der Waals surface area contributed by atoms with Crippen molar-refractivity contribution in [2.45, 2.75) is 33.2 Å². The number of aromatic nitrogens is 2.